The minimum Gasteiger partial charge on any atom is -0.368 e. The van der Waals surface area contributed by atoms with E-state index in [0.717, 1.165) is 30.5 Å². The summed E-state index contributed by atoms with van der Waals surface area (Å²) in [5.74, 6) is 0.0896. The lowest BCUT2D eigenvalue weighted by Crippen LogP contribution is -2.39. The molecule has 3 rings (SSSR count). The summed E-state index contributed by atoms with van der Waals surface area (Å²) in [4.78, 5) is 18.7. The van der Waals surface area contributed by atoms with Crippen LogP contribution in [0.1, 0.15) is 36.5 Å². The van der Waals surface area contributed by atoms with Gasteiger partial charge in [0.05, 0.1) is 0 Å². The molecule has 4 nitrogen and oxygen atoms in total. The number of para-hydroxylation sites is 1. The van der Waals surface area contributed by atoms with E-state index in [2.05, 4.69) is 52.5 Å². The van der Waals surface area contributed by atoms with Gasteiger partial charge in [-0.1, -0.05) is 24.3 Å². The zero-order valence-corrected chi connectivity index (χ0v) is 14.5. The van der Waals surface area contributed by atoms with Crippen LogP contribution in [-0.2, 0) is 17.8 Å². The van der Waals surface area contributed by atoms with E-state index in [1.54, 1.807) is 6.20 Å². The lowest BCUT2D eigenvalue weighted by atomic mass is 9.96. The van der Waals surface area contributed by atoms with E-state index >= 15 is 0 Å². The number of amides is 1. The fourth-order valence-electron chi connectivity index (χ4n) is 3.33. The molecular weight excluding hydrogens is 298 g/mol. The highest BCUT2D eigenvalue weighted by Gasteiger charge is 2.22. The number of nitrogens with one attached hydrogen (secondary N) is 1. The van der Waals surface area contributed by atoms with Crippen LogP contribution in [0.3, 0.4) is 0 Å². The number of aromatic nitrogens is 1. The highest BCUT2D eigenvalue weighted by molar-refractivity contribution is 5.76. The Morgan fingerprint density at radius 2 is 2.17 bits per heavy atom. The number of aryl methyl sites for hydroxylation is 2. The highest BCUT2D eigenvalue weighted by Crippen LogP contribution is 2.30. The Hall–Kier alpha value is -2.36. The average Bonchev–Trinajstić information content (AvgIpc) is 2.59. The highest BCUT2D eigenvalue weighted by atomic mass is 16.1. The van der Waals surface area contributed by atoms with Gasteiger partial charge in [0.1, 0.15) is 0 Å². The predicted octanol–water partition coefficient (Wildman–Crippen LogP) is 3.24. The molecule has 1 aliphatic heterocycles. The third-order valence-corrected chi connectivity index (χ3v) is 4.67. The molecule has 0 spiro atoms. The van der Waals surface area contributed by atoms with Gasteiger partial charge in [0.25, 0.3) is 0 Å². The summed E-state index contributed by atoms with van der Waals surface area (Å²) in [5.41, 5.74) is 4.83. The summed E-state index contributed by atoms with van der Waals surface area (Å²) in [6, 6.07) is 11.1. The summed E-state index contributed by atoms with van der Waals surface area (Å²) in [7, 11) is 0. The number of rotatable bonds is 5. The van der Waals surface area contributed by atoms with Crippen LogP contribution in [0.4, 0.5) is 5.69 Å². The third kappa shape index (κ3) is 3.94. The van der Waals surface area contributed by atoms with Gasteiger partial charge in [-0.25, -0.2) is 0 Å². The van der Waals surface area contributed by atoms with Crippen molar-refractivity contribution in [1.29, 1.82) is 0 Å². The van der Waals surface area contributed by atoms with Gasteiger partial charge in [-0.3, -0.25) is 9.78 Å². The fraction of sp³-hybridized carbons (Fsp3) is 0.400. The number of benzene rings is 1. The molecule has 1 aromatic carbocycles. The van der Waals surface area contributed by atoms with E-state index in [1.165, 1.54) is 11.3 Å². The fourth-order valence-corrected chi connectivity index (χ4v) is 3.33. The van der Waals surface area contributed by atoms with E-state index < -0.39 is 0 Å². The van der Waals surface area contributed by atoms with Crippen molar-refractivity contribution in [1.82, 2.24) is 10.3 Å². The van der Waals surface area contributed by atoms with Gasteiger partial charge in [0.15, 0.2) is 0 Å². The van der Waals surface area contributed by atoms with Crippen molar-refractivity contribution >= 4 is 11.6 Å². The van der Waals surface area contributed by atoms with Gasteiger partial charge >= 0.3 is 0 Å². The first-order valence-electron chi connectivity index (χ1n) is 8.65. The van der Waals surface area contributed by atoms with Crippen molar-refractivity contribution in [2.75, 3.05) is 11.4 Å². The summed E-state index contributed by atoms with van der Waals surface area (Å²) in [6.45, 7) is 5.55. The molecule has 0 aliphatic carbocycles. The molecule has 0 saturated carbocycles. The maximum atomic E-state index is 12.2. The van der Waals surface area contributed by atoms with E-state index in [-0.39, 0.29) is 5.91 Å². The molecule has 1 atom stereocenters. The van der Waals surface area contributed by atoms with Crippen LogP contribution in [0.25, 0.3) is 0 Å². The van der Waals surface area contributed by atoms with Gasteiger partial charge in [0, 0.05) is 43.6 Å². The molecule has 126 valence electrons. The molecule has 0 saturated heterocycles. The Morgan fingerprint density at radius 1 is 1.33 bits per heavy atom. The smallest absolute Gasteiger partial charge is 0.222 e. The van der Waals surface area contributed by atoms with Crippen molar-refractivity contribution in [2.45, 2.75) is 45.7 Å². The Bertz CT molecular complexity index is 714. The second kappa shape index (κ2) is 7.47. The third-order valence-electron chi connectivity index (χ3n) is 4.67. The zero-order valence-electron chi connectivity index (χ0n) is 14.5. The van der Waals surface area contributed by atoms with E-state index in [4.69, 9.17) is 0 Å². The summed E-state index contributed by atoms with van der Waals surface area (Å²) in [6.07, 6.45) is 6.41. The summed E-state index contributed by atoms with van der Waals surface area (Å²) >= 11 is 0. The first-order valence-corrected chi connectivity index (χ1v) is 8.65. The normalized spacial score (nSPS) is 16.6. The number of carbonyl (C=O) groups excluding carboxylic acids is 1. The summed E-state index contributed by atoms with van der Waals surface area (Å²) in [5, 5.41) is 3.00. The first-order chi connectivity index (χ1) is 11.6. The molecule has 24 heavy (non-hydrogen) atoms. The average molecular weight is 323 g/mol. The molecule has 2 aromatic rings. The van der Waals surface area contributed by atoms with Crippen LogP contribution in [0.15, 0.2) is 42.7 Å². The van der Waals surface area contributed by atoms with Crippen LogP contribution >= 0.6 is 0 Å². The van der Waals surface area contributed by atoms with E-state index in [9.17, 15) is 4.79 Å². The van der Waals surface area contributed by atoms with Gasteiger partial charge < -0.3 is 10.2 Å². The van der Waals surface area contributed by atoms with Gasteiger partial charge in [0.2, 0.25) is 5.91 Å². The Morgan fingerprint density at radius 3 is 3.00 bits per heavy atom. The minimum atomic E-state index is 0.0896. The quantitative estimate of drug-likeness (QED) is 0.919. The molecule has 4 heteroatoms. The second-order valence-corrected chi connectivity index (χ2v) is 6.61. The molecule has 0 radical (unpaired) electrons. The van der Waals surface area contributed by atoms with Gasteiger partial charge in [-0.15, -0.1) is 0 Å². The lowest BCUT2D eigenvalue weighted by molar-refractivity contribution is -0.121. The lowest BCUT2D eigenvalue weighted by Gasteiger charge is -2.37. The predicted molar refractivity (Wildman–Crippen MR) is 97.0 cm³/mol. The SMILES string of the molecule is Cc1cncc(CNC(=O)CCN2c3ccccc3CCC2C)c1. The number of fused-ring (bicyclic) bond motifs is 1. The van der Waals surface area contributed by atoms with Crippen molar-refractivity contribution in [3.05, 3.63) is 59.4 Å². The standard InChI is InChI=1S/C20H25N3O/c1-15-11-17(13-21-12-15)14-22-20(24)9-10-23-16(2)7-8-18-5-3-4-6-19(18)23/h3-6,11-13,16H,7-10,14H2,1-2H3,(H,22,24). The topological polar surface area (TPSA) is 45.2 Å². The molecular formula is C20H25N3O. The molecule has 1 N–H and O–H groups in total. The van der Waals surface area contributed by atoms with E-state index in [1.807, 2.05) is 13.1 Å². The molecule has 1 amide bonds. The molecule has 1 aromatic heterocycles. The Balaban J connectivity index is 1.54. The zero-order chi connectivity index (χ0) is 16.9. The maximum absolute atomic E-state index is 12.2. The minimum absolute atomic E-state index is 0.0896. The maximum Gasteiger partial charge on any atom is 0.222 e. The van der Waals surface area contributed by atoms with Gasteiger partial charge in [-0.05, 0) is 49.4 Å². The molecule has 0 bridgehead atoms. The number of carbonyl (C=O) groups is 1. The van der Waals surface area contributed by atoms with Gasteiger partial charge in [-0.2, -0.15) is 0 Å². The van der Waals surface area contributed by atoms with Crippen molar-refractivity contribution in [3.63, 3.8) is 0 Å². The number of hydrogen-bond acceptors (Lipinski definition) is 3. The second-order valence-electron chi connectivity index (χ2n) is 6.61. The Labute approximate surface area is 143 Å². The molecule has 1 aliphatic rings. The van der Waals surface area contributed by atoms with Crippen LogP contribution in [-0.4, -0.2) is 23.5 Å². The molecule has 1 unspecified atom stereocenters. The first kappa shape index (κ1) is 16.5. The number of pyridine rings is 1. The van der Waals surface area contributed by atoms with Crippen molar-refractivity contribution < 1.29 is 4.79 Å². The van der Waals surface area contributed by atoms with Crippen LogP contribution in [0, 0.1) is 6.92 Å². The number of anilines is 1. The Kier molecular flexibility index (Phi) is 5.14. The van der Waals surface area contributed by atoms with E-state index in [0.29, 0.717) is 19.0 Å². The van der Waals surface area contributed by atoms with Crippen LogP contribution in [0.5, 0.6) is 0 Å². The number of nitrogens with zero attached hydrogens (tertiary/aromatic N) is 2. The number of hydrogen-bond donors (Lipinski definition) is 1. The van der Waals surface area contributed by atoms with Crippen molar-refractivity contribution in [3.8, 4) is 0 Å². The largest absolute Gasteiger partial charge is 0.368 e. The van der Waals surface area contributed by atoms with Crippen LogP contribution in [0.2, 0.25) is 0 Å². The molecule has 0 fully saturated rings. The summed E-state index contributed by atoms with van der Waals surface area (Å²) < 4.78 is 0. The monoisotopic (exact) mass is 323 g/mol. The molecule has 2 heterocycles. The van der Waals surface area contributed by atoms with Crippen LogP contribution < -0.4 is 10.2 Å². The van der Waals surface area contributed by atoms with Crippen molar-refractivity contribution in [2.24, 2.45) is 0 Å².